The van der Waals surface area contributed by atoms with Gasteiger partial charge in [0.1, 0.15) is 9.71 Å². The lowest BCUT2D eigenvalue weighted by Crippen LogP contribution is -2.44. The van der Waals surface area contributed by atoms with Gasteiger partial charge in [-0.3, -0.25) is 4.79 Å². The first-order valence-electron chi connectivity index (χ1n) is 7.43. The first kappa shape index (κ1) is 14.3. The minimum atomic E-state index is 0.0642. The van der Waals surface area contributed by atoms with Crippen LogP contribution in [-0.2, 0) is 0 Å². The Balaban J connectivity index is 1.99. The summed E-state index contributed by atoms with van der Waals surface area (Å²) >= 11 is 1.42. The summed E-state index contributed by atoms with van der Waals surface area (Å²) in [6.07, 6.45) is 3.90. The van der Waals surface area contributed by atoms with Gasteiger partial charge in [0.2, 0.25) is 0 Å². The Labute approximate surface area is 129 Å². The molecule has 3 rings (SSSR count). The third-order valence-corrected chi connectivity index (χ3v) is 5.53. The van der Waals surface area contributed by atoms with E-state index in [1.807, 2.05) is 17.9 Å². The van der Waals surface area contributed by atoms with Gasteiger partial charge >= 0.3 is 0 Å². The Bertz CT molecular complexity index is 694. The number of hydrogen-bond acceptors (Lipinski definition) is 4. The average molecular weight is 303 g/mol. The summed E-state index contributed by atoms with van der Waals surface area (Å²) in [6, 6.07) is 2.21. The van der Waals surface area contributed by atoms with Crippen molar-refractivity contribution in [1.82, 2.24) is 9.88 Å². The number of rotatable bonds is 1. The zero-order valence-corrected chi connectivity index (χ0v) is 13.5. The van der Waals surface area contributed by atoms with Crippen LogP contribution in [0.1, 0.15) is 41.9 Å². The van der Waals surface area contributed by atoms with Gasteiger partial charge in [-0.1, -0.05) is 6.92 Å². The molecule has 1 amide bonds. The first-order chi connectivity index (χ1) is 9.99. The van der Waals surface area contributed by atoms with Crippen molar-refractivity contribution in [1.29, 1.82) is 0 Å². The van der Waals surface area contributed by atoms with Crippen molar-refractivity contribution in [3.05, 3.63) is 22.7 Å². The molecule has 0 aromatic carbocycles. The summed E-state index contributed by atoms with van der Waals surface area (Å²) < 4.78 is 0. The summed E-state index contributed by atoms with van der Waals surface area (Å²) in [7, 11) is 0. The molecule has 0 saturated carbocycles. The number of nitrogens with zero attached hydrogens (tertiary/aromatic N) is 2. The number of likely N-dealkylation sites (tertiary alicyclic amines) is 1. The van der Waals surface area contributed by atoms with E-state index < -0.39 is 0 Å². The summed E-state index contributed by atoms with van der Waals surface area (Å²) in [5.41, 5.74) is 7.91. The first-order valence-corrected chi connectivity index (χ1v) is 8.25. The van der Waals surface area contributed by atoms with Crippen molar-refractivity contribution in [2.45, 2.75) is 39.7 Å². The molecule has 1 fully saturated rings. The molecule has 0 bridgehead atoms. The van der Waals surface area contributed by atoms with Crippen LogP contribution in [0.5, 0.6) is 0 Å². The van der Waals surface area contributed by atoms with Gasteiger partial charge in [0, 0.05) is 24.2 Å². The lowest BCUT2D eigenvalue weighted by atomic mass is 9.93. The molecule has 0 radical (unpaired) electrons. The Morgan fingerprint density at radius 1 is 1.48 bits per heavy atom. The van der Waals surface area contributed by atoms with E-state index in [9.17, 15) is 4.79 Å². The van der Waals surface area contributed by atoms with Crippen LogP contribution in [0.25, 0.3) is 10.2 Å². The van der Waals surface area contributed by atoms with Crippen LogP contribution in [0.15, 0.2) is 12.3 Å². The van der Waals surface area contributed by atoms with E-state index in [0.29, 0.717) is 16.5 Å². The Morgan fingerprint density at radius 2 is 2.24 bits per heavy atom. The van der Waals surface area contributed by atoms with Gasteiger partial charge in [0.05, 0.1) is 5.69 Å². The van der Waals surface area contributed by atoms with Gasteiger partial charge in [-0.25, -0.2) is 4.98 Å². The molecule has 0 aliphatic carbocycles. The molecule has 1 aliphatic heterocycles. The number of anilines is 1. The smallest absolute Gasteiger partial charge is 0.266 e. The summed E-state index contributed by atoms with van der Waals surface area (Å²) in [5, 5.41) is 0.934. The molecule has 2 aromatic rings. The van der Waals surface area contributed by atoms with Crippen molar-refractivity contribution in [2.75, 3.05) is 12.3 Å². The second kappa shape index (κ2) is 5.30. The van der Waals surface area contributed by atoms with Crippen molar-refractivity contribution in [3.8, 4) is 0 Å². The predicted molar refractivity (Wildman–Crippen MR) is 87.7 cm³/mol. The van der Waals surface area contributed by atoms with Gasteiger partial charge in [0.15, 0.2) is 0 Å². The maximum Gasteiger partial charge on any atom is 0.266 e. The van der Waals surface area contributed by atoms with Gasteiger partial charge in [-0.05, 0) is 44.2 Å². The molecule has 4 nitrogen and oxygen atoms in total. The average Bonchev–Trinajstić information content (AvgIpc) is 2.77. The molecule has 2 aromatic heterocycles. The Morgan fingerprint density at radius 3 is 2.90 bits per heavy atom. The van der Waals surface area contributed by atoms with Gasteiger partial charge in [-0.15, -0.1) is 11.3 Å². The third kappa shape index (κ3) is 2.39. The highest BCUT2D eigenvalue weighted by molar-refractivity contribution is 7.21. The summed E-state index contributed by atoms with van der Waals surface area (Å²) in [4.78, 5) is 20.7. The number of piperidine rings is 1. The fourth-order valence-corrected chi connectivity index (χ4v) is 4.30. The lowest BCUT2D eigenvalue weighted by molar-refractivity contribution is 0.0594. The standard InChI is InChI=1S/C16H21N3OS/c1-9-5-7-19(11(3)8-9)16(20)14-13(17)12-10(2)4-6-18-15(12)21-14/h4,6,9,11H,5,7-8,17H2,1-3H3. The molecule has 2 unspecified atom stereocenters. The summed E-state index contributed by atoms with van der Waals surface area (Å²) in [5.74, 6) is 0.752. The highest BCUT2D eigenvalue weighted by Crippen LogP contribution is 2.36. The fraction of sp³-hybridized carbons (Fsp3) is 0.500. The van der Waals surface area contributed by atoms with Crippen LogP contribution >= 0.6 is 11.3 Å². The van der Waals surface area contributed by atoms with E-state index in [0.717, 1.165) is 35.2 Å². The number of pyridine rings is 1. The van der Waals surface area contributed by atoms with Crippen LogP contribution < -0.4 is 5.73 Å². The van der Waals surface area contributed by atoms with Crippen LogP contribution in [0.4, 0.5) is 5.69 Å². The monoisotopic (exact) mass is 303 g/mol. The highest BCUT2D eigenvalue weighted by Gasteiger charge is 2.30. The number of hydrogen-bond donors (Lipinski definition) is 1. The quantitative estimate of drug-likeness (QED) is 0.878. The van der Waals surface area contributed by atoms with Gasteiger partial charge in [0.25, 0.3) is 5.91 Å². The molecule has 0 spiro atoms. The van der Waals surface area contributed by atoms with Crippen molar-refractivity contribution in [3.63, 3.8) is 0 Å². The molecule has 112 valence electrons. The summed E-state index contributed by atoms with van der Waals surface area (Å²) in [6.45, 7) is 7.20. The van der Waals surface area contributed by atoms with Crippen molar-refractivity contribution < 1.29 is 4.79 Å². The minimum absolute atomic E-state index is 0.0642. The van der Waals surface area contributed by atoms with E-state index in [2.05, 4.69) is 18.8 Å². The highest BCUT2D eigenvalue weighted by atomic mass is 32.1. The zero-order valence-electron chi connectivity index (χ0n) is 12.7. The molecule has 1 aliphatic rings. The molecular formula is C16H21N3OS. The largest absolute Gasteiger partial charge is 0.397 e. The lowest BCUT2D eigenvalue weighted by Gasteiger charge is -2.36. The third-order valence-electron chi connectivity index (χ3n) is 4.43. The molecule has 3 heterocycles. The maximum atomic E-state index is 12.8. The molecule has 2 atom stereocenters. The van der Waals surface area contributed by atoms with E-state index in [1.54, 1.807) is 6.20 Å². The predicted octanol–water partition coefficient (Wildman–Crippen LogP) is 3.45. The van der Waals surface area contributed by atoms with Crippen molar-refractivity contribution >= 4 is 33.1 Å². The number of thiophene rings is 1. The van der Waals surface area contributed by atoms with Crippen LogP contribution in [0.3, 0.4) is 0 Å². The minimum Gasteiger partial charge on any atom is -0.397 e. The normalized spacial score (nSPS) is 22.7. The maximum absolute atomic E-state index is 12.8. The van der Waals surface area contributed by atoms with Crippen LogP contribution in [0, 0.1) is 12.8 Å². The molecule has 21 heavy (non-hydrogen) atoms. The molecule has 5 heteroatoms. The number of carbonyl (C=O) groups excluding carboxylic acids is 1. The van der Waals surface area contributed by atoms with Crippen LogP contribution in [-0.4, -0.2) is 28.4 Å². The van der Waals surface area contributed by atoms with Gasteiger partial charge < -0.3 is 10.6 Å². The van der Waals surface area contributed by atoms with Crippen LogP contribution in [0.2, 0.25) is 0 Å². The molecule has 1 saturated heterocycles. The van der Waals surface area contributed by atoms with E-state index in [1.165, 1.54) is 11.3 Å². The second-order valence-electron chi connectivity index (χ2n) is 6.13. The number of aromatic nitrogens is 1. The zero-order chi connectivity index (χ0) is 15.1. The van der Waals surface area contributed by atoms with E-state index >= 15 is 0 Å². The van der Waals surface area contributed by atoms with E-state index in [4.69, 9.17) is 5.73 Å². The Hall–Kier alpha value is -1.62. The van der Waals surface area contributed by atoms with E-state index in [-0.39, 0.29) is 11.9 Å². The fourth-order valence-electron chi connectivity index (χ4n) is 3.20. The number of nitrogens with two attached hydrogens (primary N) is 1. The van der Waals surface area contributed by atoms with Gasteiger partial charge in [-0.2, -0.15) is 0 Å². The molecule has 2 N–H and O–H groups in total. The number of fused-ring (bicyclic) bond motifs is 1. The second-order valence-corrected chi connectivity index (χ2v) is 7.13. The number of nitrogen functional groups attached to an aromatic ring is 1. The Kier molecular flexibility index (Phi) is 3.61. The topological polar surface area (TPSA) is 59.2 Å². The number of amides is 1. The number of carbonyl (C=O) groups is 1. The number of aryl methyl sites for hydroxylation is 1. The van der Waals surface area contributed by atoms with Crippen molar-refractivity contribution in [2.24, 2.45) is 5.92 Å². The SMILES string of the molecule is Cc1ccnc2sc(C(=O)N3CCC(C)CC3C)c(N)c12. The molecular weight excluding hydrogens is 282 g/mol.